The number of carbonyl (C=O) groups is 3. The molecule has 0 unspecified atom stereocenters. The predicted molar refractivity (Wildman–Crippen MR) is 63.6 cm³/mol. The van der Waals surface area contributed by atoms with Gasteiger partial charge in [0.05, 0.1) is 0 Å². The highest BCUT2D eigenvalue weighted by molar-refractivity contribution is 6.04. The lowest BCUT2D eigenvalue weighted by atomic mass is 10.1. The van der Waals surface area contributed by atoms with Crippen molar-refractivity contribution in [3.63, 3.8) is 0 Å². The highest BCUT2D eigenvalue weighted by Crippen LogP contribution is 2.29. The first-order valence-electron chi connectivity index (χ1n) is 5.11. The van der Waals surface area contributed by atoms with E-state index in [4.69, 9.17) is 9.47 Å². The summed E-state index contributed by atoms with van der Waals surface area (Å²) in [5.74, 6) is -1.35. The van der Waals surface area contributed by atoms with Crippen molar-refractivity contribution in [2.45, 2.75) is 13.8 Å². The average molecular weight is 248 g/mol. The summed E-state index contributed by atoms with van der Waals surface area (Å²) >= 11 is 0. The van der Waals surface area contributed by atoms with Crippen LogP contribution in [0.3, 0.4) is 0 Å². The standard InChI is InChI=1S/C13H12O5/c1-4-11(16)10-5-6-12(17-8(2)14)13(7-10)18-9(3)15/h4-7H,1H2,2-3H3. The molecular weight excluding hydrogens is 236 g/mol. The summed E-state index contributed by atoms with van der Waals surface area (Å²) in [6, 6.07) is 4.16. The summed E-state index contributed by atoms with van der Waals surface area (Å²) in [6.07, 6.45) is 1.14. The first kappa shape index (κ1) is 13.6. The second-order valence-electron chi connectivity index (χ2n) is 3.42. The maximum absolute atomic E-state index is 11.4. The zero-order valence-corrected chi connectivity index (χ0v) is 10.1. The predicted octanol–water partition coefficient (Wildman–Crippen LogP) is 1.91. The molecule has 0 aliphatic heterocycles. The van der Waals surface area contributed by atoms with Crippen molar-refractivity contribution in [3.05, 3.63) is 36.4 Å². The highest BCUT2D eigenvalue weighted by atomic mass is 16.6. The van der Waals surface area contributed by atoms with Crippen molar-refractivity contribution in [1.82, 2.24) is 0 Å². The molecule has 0 radical (unpaired) electrons. The molecule has 0 spiro atoms. The Labute approximate surface area is 104 Å². The lowest BCUT2D eigenvalue weighted by molar-refractivity contribution is -0.134. The lowest BCUT2D eigenvalue weighted by Crippen LogP contribution is -2.08. The van der Waals surface area contributed by atoms with Crippen LogP contribution in [0.2, 0.25) is 0 Å². The van der Waals surface area contributed by atoms with Gasteiger partial charge in [-0.05, 0) is 24.3 Å². The molecule has 0 bridgehead atoms. The van der Waals surface area contributed by atoms with E-state index in [1.165, 1.54) is 32.0 Å². The lowest BCUT2D eigenvalue weighted by Gasteiger charge is -2.09. The van der Waals surface area contributed by atoms with Gasteiger partial charge in [0.2, 0.25) is 0 Å². The van der Waals surface area contributed by atoms with Crippen LogP contribution in [-0.4, -0.2) is 17.7 Å². The van der Waals surface area contributed by atoms with Gasteiger partial charge in [-0.15, -0.1) is 0 Å². The quantitative estimate of drug-likeness (QED) is 0.352. The third kappa shape index (κ3) is 3.55. The molecule has 0 aromatic heterocycles. The van der Waals surface area contributed by atoms with Gasteiger partial charge in [0, 0.05) is 19.4 Å². The van der Waals surface area contributed by atoms with E-state index in [1.807, 2.05) is 0 Å². The molecule has 1 aromatic carbocycles. The molecule has 94 valence electrons. The number of allylic oxidation sites excluding steroid dienone is 1. The third-order valence-corrected chi connectivity index (χ3v) is 1.92. The fraction of sp³-hybridized carbons (Fsp3) is 0.154. The van der Waals surface area contributed by atoms with Crippen molar-refractivity contribution in [3.8, 4) is 11.5 Å². The van der Waals surface area contributed by atoms with Crippen molar-refractivity contribution < 1.29 is 23.9 Å². The number of hydrogen-bond acceptors (Lipinski definition) is 5. The summed E-state index contributed by atoms with van der Waals surface area (Å²) in [6.45, 7) is 5.79. The molecule has 0 saturated carbocycles. The first-order chi connectivity index (χ1) is 8.43. The minimum atomic E-state index is -0.577. The molecule has 0 heterocycles. The Morgan fingerprint density at radius 2 is 1.61 bits per heavy atom. The molecule has 1 aromatic rings. The van der Waals surface area contributed by atoms with Crippen LogP contribution in [0.25, 0.3) is 0 Å². The Hall–Kier alpha value is -2.43. The van der Waals surface area contributed by atoms with E-state index in [9.17, 15) is 14.4 Å². The van der Waals surface area contributed by atoms with Gasteiger partial charge >= 0.3 is 11.9 Å². The topological polar surface area (TPSA) is 69.7 Å². The van der Waals surface area contributed by atoms with E-state index < -0.39 is 11.9 Å². The van der Waals surface area contributed by atoms with Crippen LogP contribution >= 0.6 is 0 Å². The minimum Gasteiger partial charge on any atom is -0.423 e. The van der Waals surface area contributed by atoms with Gasteiger partial charge in [-0.1, -0.05) is 6.58 Å². The zero-order valence-electron chi connectivity index (χ0n) is 10.1. The van der Waals surface area contributed by atoms with Gasteiger partial charge in [0.25, 0.3) is 0 Å². The van der Waals surface area contributed by atoms with E-state index in [0.29, 0.717) is 0 Å². The molecule has 0 aliphatic rings. The fourth-order valence-electron chi connectivity index (χ4n) is 1.25. The van der Waals surface area contributed by atoms with Crippen molar-refractivity contribution in [2.24, 2.45) is 0 Å². The molecule has 0 amide bonds. The molecule has 0 saturated heterocycles. The maximum atomic E-state index is 11.4. The number of rotatable bonds is 4. The van der Waals surface area contributed by atoms with E-state index in [2.05, 4.69) is 6.58 Å². The first-order valence-corrected chi connectivity index (χ1v) is 5.11. The summed E-state index contributed by atoms with van der Waals surface area (Å²) in [7, 11) is 0. The Bertz CT molecular complexity index is 516. The van der Waals surface area contributed by atoms with Gasteiger partial charge in [0.1, 0.15) is 0 Å². The number of benzene rings is 1. The van der Waals surface area contributed by atoms with E-state index in [1.54, 1.807) is 0 Å². The number of ketones is 1. The van der Waals surface area contributed by atoms with Crippen molar-refractivity contribution in [1.29, 1.82) is 0 Å². The summed E-state index contributed by atoms with van der Waals surface area (Å²) in [5, 5.41) is 0. The molecule has 0 fully saturated rings. The Morgan fingerprint density at radius 3 is 2.11 bits per heavy atom. The molecule has 1 rings (SSSR count). The second kappa shape index (κ2) is 5.77. The van der Waals surface area contributed by atoms with Gasteiger partial charge in [-0.25, -0.2) is 0 Å². The van der Waals surface area contributed by atoms with Crippen LogP contribution in [0, 0.1) is 0 Å². The SMILES string of the molecule is C=CC(=O)c1ccc(OC(C)=O)c(OC(C)=O)c1. The largest absolute Gasteiger partial charge is 0.423 e. The van der Waals surface area contributed by atoms with E-state index in [0.717, 1.165) is 6.08 Å². The monoisotopic (exact) mass is 248 g/mol. The summed E-state index contributed by atoms with van der Waals surface area (Å²) < 4.78 is 9.74. The van der Waals surface area contributed by atoms with Crippen LogP contribution in [0.4, 0.5) is 0 Å². The van der Waals surface area contributed by atoms with Crippen LogP contribution in [-0.2, 0) is 9.59 Å². The second-order valence-corrected chi connectivity index (χ2v) is 3.42. The van der Waals surface area contributed by atoms with Crippen LogP contribution < -0.4 is 9.47 Å². The highest BCUT2D eigenvalue weighted by Gasteiger charge is 2.13. The normalized spacial score (nSPS) is 9.44. The van der Waals surface area contributed by atoms with Crippen molar-refractivity contribution >= 4 is 17.7 Å². The number of hydrogen-bond donors (Lipinski definition) is 0. The molecule has 0 atom stereocenters. The van der Waals surface area contributed by atoms with Crippen LogP contribution in [0.15, 0.2) is 30.9 Å². The van der Waals surface area contributed by atoms with Crippen molar-refractivity contribution in [2.75, 3.05) is 0 Å². The zero-order chi connectivity index (χ0) is 13.7. The molecule has 0 N–H and O–H groups in total. The van der Waals surface area contributed by atoms with Gasteiger partial charge in [-0.2, -0.15) is 0 Å². The third-order valence-electron chi connectivity index (χ3n) is 1.92. The Kier molecular flexibility index (Phi) is 4.37. The minimum absolute atomic E-state index is 0.0189. The molecule has 0 aliphatic carbocycles. The average Bonchev–Trinajstić information content (AvgIpc) is 2.29. The summed E-state index contributed by atoms with van der Waals surface area (Å²) in [5.41, 5.74) is 0.289. The van der Waals surface area contributed by atoms with Crippen LogP contribution in [0.1, 0.15) is 24.2 Å². The summed E-state index contributed by atoms with van der Waals surface area (Å²) in [4.78, 5) is 33.2. The smallest absolute Gasteiger partial charge is 0.308 e. The van der Waals surface area contributed by atoms with Gasteiger partial charge < -0.3 is 9.47 Å². The van der Waals surface area contributed by atoms with E-state index >= 15 is 0 Å². The Morgan fingerprint density at radius 1 is 1.06 bits per heavy atom. The molecule has 18 heavy (non-hydrogen) atoms. The number of esters is 2. The molecule has 5 nitrogen and oxygen atoms in total. The fourth-order valence-corrected chi connectivity index (χ4v) is 1.25. The number of ether oxygens (including phenoxy) is 2. The molecular formula is C13H12O5. The Balaban J connectivity index is 3.19. The number of carbonyl (C=O) groups excluding carboxylic acids is 3. The van der Waals surface area contributed by atoms with Gasteiger partial charge in [0.15, 0.2) is 17.3 Å². The van der Waals surface area contributed by atoms with Crippen LogP contribution in [0.5, 0.6) is 11.5 Å². The maximum Gasteiger partial charge on any atom is 0.308 e. The molecule has 5 heteroatoms. The van der Waals surface area contributed by atoms with Gasteiger partial charge in [-0.3, -0.25) is 14.4 Å². The van der Waals surface area contributed by atoms with E-state index in [-0.39, 0.29) is 22.8 Å².